The lowest BCUT2D eigenvalue weighted by atomic mass is 9.95. The first kappa shape index (κ1) is 21.5. The largest absolute Gasteiger partial charge is 0.418 e. The first-order chi connectivity index (χ1) is 13.7. The predicted octanol–water partition coefficient (Wildman–Crippen LogP) is 5.03. The van der Waals surface area contributed by atoms with Crippen LogP contribution in [0.5, 0.6) is 0 Å². The maximum absolute atomic E-state index is 13.1. The molecule has 8 heteroatoms. The molecule has 1 amide bonds. The maximum atomic E-state index is 13.1. The molecule has 1 unspecified atom stereocenters. The molecular formula is C21H23ClF3N3O. The minimum absolute atomic E-state index is 0.183. The summed E-state index contributed by atoms with van der Waals surface area (Å²) in [5.74, 6) is -0.645. The summed E-state index contributed by atoms with van der Waals surface area (Å²) >= 11 is 5.78. The molecule has 0 aromatic heterocycles. The highest BCUT2D eigenvalue weighted by Gasteiger charge is 2.34. The highest BCUT2D eigenvalue weighted by atomic mass is 35.5. The van der Waals surface area contributed by atoms with Gasteiger partial charge in [0.25, 0.3) is 5.91 Å². The third-order valence-corrected chi connectivity index (χ3v) is 5.60. The topological polar surface area (TPSA) is 58.4 Å². The molecule has 29 heavy (non-hydrogen) atoms. The summed E-state index contributed by atoms with van der Waals surface area (Å²) in [4.78, 5) is 14.7. The Morgan fingerprint density at radius 3 is 2.55 bits per heavy atom. The third-order valence-electron chi connectivity index (χ3n) is 5.29. The molecule has 1 fully saturated rings. The van der Waals surface area contributed by atoms with E-state index in [9.17, 15) is 18.0 Å². The molecule has 2 aromatic carbocycles. The van der Waals surface area contributed by atoms with Crippen LogP contribution in [-0.4, -0.2) is 24.4 Å². The lowest BCUT2D eigenvalue weighted by Crippen LogP contribution is -2.29. The van der Waals surface area contributed by atoms with Crippen LogP contribution >= 0.6 is 11.6 Å². The fourth-order valence-corrected chi connectivity index (χ4v) is 3.84. The number of piperidine rings is 1. The molecule has 2 aromatic rings. The summed E-state index contributed by atoms with van der Waals surface area (Å²) in [7, 11) is 2.12. The minimum Gasteiger partial charge on any atom is -0.397 e. The molecule has 3 N–H and O–H groups in total. The number of nitrogen functional groups attached to an aromatic ring is 1. The van der Waals surface area contributed by atoms with E-state index in [1.165, 1.54) is 18.4 Å². The second kappa shape index (κ2) is 8.63. The number of nitrogens with two attached hydrogens (primary N) is 1. The summed E-state index contributed by atoms with van der Waals surface area (Å²) in [6.45, 7) is 1.27. The van der Waals surface area contributed by atoms with E-state index in [0.717, 1.165) is 30.7 Å². The molecule has 0 aliphatic carbocycles. The van der Waals surface area contributed by atoms with Crippen LogP contribution in [0.4, 0.5) is 18.9 Å². The van der Waals surface area contributed by atoms with E-state index in [4.69, 9.17) is 17.3 Å². The van der Waals surface area contributed by atoms with Gasteiger partial charge in [-0.05, 0) is 49.7 Å². The minimum atomic E-state index is -4.69. The molecule has 1 heterocycles. The van der Waals surface area contributed by atoms with Crippen LogP contribution < -0.4 is 11.1 Å². The Balaban J connectivity index is 1.67. The SMILES string of the molecule is CN1CCCCC1c1ccc(CNC(=O)c2cc(Cl)c(N)c(C(F)(F)F)c2)cc1. The number of carbonyl (C=O) groups excluding carboxylic acids is 1. The fourth-order valence-electron chi connectivity index (χ4n) is 3.62. The van der Waals surface area contributed by atoms with Crippen LogP contribution in [0.2, 0.25) is 5.02 Å². The molecule has 1 saturated heterocycles. The number of anilines is 1. The summed E-state index contributed by atoms with van der Waals surface area (Å²) in [6.07, 6.45) is -1.16. The number of nitrogens with zero attached hydrogens (tertiary/aromatic N) is 1. The van der Waals surface area contributed by atoms with Gasteiger partial charge in [0, 0.05) is 18.2 Å². The van der Waals surface area contributed by atoms with Crippen molar-refractivity contribution in [3.8, 4) is 0 Å². The van der Waals surface area contributed by atoms with Crippen molar-refractivity contribution >= 4 is 23.2 Å². The Kier molecular flexibility index (Phi) is 6.39. The first-order valence-corrected chi connectivity index (χ1v) is 9.78. The van der Waals surface area contributed by atoms with Gasteiger partial charge in [0.1, 0.15) is 0 Å². The van der Waals surface area contributed by atoms with Gasteiger partial charge in [0.2, 0.25) is 0 Å². The van der Waals surface area contributed by atoms with Crippen LogP contribution in [0, 0.1) is 0 Å². The van der Waals surface area contributed by atoms with E-state index >= 15 is 0 Å². The number of halogens is 4. The average Bonchev–Trinajstić information content (AvgIpc) is 2.68. The van der Waals surface area contributed by atoms with Gasteiger partial charge in [0.15, 0.2) is 0 Å². The molecule has 156 valence electrons. The number of amides is 1. The van der Waals surface area contributed by atoms with E-state index < -0.39 is 23.3 Å². The summed E-state index contributed by atoms with van der Waals surface area (Å²) in [5.41, 5.74) is 5.60. The standard InChI is InChI=1S/C21H23ClF3N3O/c1-28-9-3-2-4-18(28)14-7-5-13(6-8-14)12-27-20(29)15-10-16(21(23,24)25)19(26)17(22)11-15/h5-8,10-11,18H,2-4,9,12,26H2,1H3,(H,27,29). The van der Waals surface area contributed by atoms with E-state index in [0.29, 0.717) is 6.04 Å². The number of carbonyl (C=O) groups is 1. The van der Waals surface area contributed by atoms with Crippen LogP contribution in [0.3, 0.4) is 0 Å². The van der Waals surface area contributed by atoms with Gasteiger partial charge >= 0.3 is 6.18 Å². The van der Waals surface area contributed by atoms with Gasteiger partial charge < -0.3 is 11.1 Å². The van der Waals surface area contributed by atoms with Crippen molar-refractivity contribution in [3.63, 3.8) is 0 Å². The van der Waals surface area contributed by atoms with Crippen molar-refractivity contribution in [1.29, 1.82) is 0 Å². The second-order valence-corrected chi connectivity index (χ2v) is 7.74. The van der Waals surface area contributed by atoms with E-state index in [1.807, 2.05) is 24.3 Å². The van der Waals surface area contributed by atoms with Gasteiger partial charge in [-0.25, -0.2) is 0 Å². The summed E-state index contributed by atoms with van der Waals surface area (Å²) in [6, 6.07) is 10.2. The Hall–Kier alpha value is -2.25. The quantitative estimate of drug-likeness (QED) is 0.675. The number of rotatable bonds is 4. The molecule has 1 aliphatic heterocycles. The van der Waals surface area contributed by atoms with Crippen LogP contribution in [0.15, 0.2) is 36.4 Å². The van der Waals surface area contributed by atoms with Crippen LogP contribution in [-0.2, 0) is 12.7 Å². The number of benzene rings is 2. The third kappa shape index (κ3) is 5.03. The normalized spacial score (nSPS) is 17.9. The highest BCUT2D eigenvalue weighted by molar-refractivity contribution is 6.33. The number of alkyl halides is 3. The van der Waals surface area contributed by atoms with Crippen molar-refractivity contribution in [3.05, 3.63) is 63.7 Å². The van der Waals surface area contributed by atoms with Gasteiger partial charge in [-0.1, -0.05) is 42.3 Å². The lowest BCUT2D eigenvalue weighted by molar-refractivity contribution is -0.136. The Morgan fingerprint density at radius 1 is 1.24 bits per heavy atom. The molecule has 3 rings (SSSR count). The molecule has 0 bridgehead atoms. The zero-order valence-corrected chi connectivity index (χ0v) is 16.8. The Labute approximate surface area is 172 Å². The zero-order chi connectivity index (χ0) is 21.2. The van der Waals surface area contributed by atoms with Gasteiger partial charge in [-0.15, -0.1) is 0 Å². The number of likely N-dealkylation sites (tertiary alicyclic amines) is 1. The molecule has 1 atom stereocenters. The monoisotopic (exact) mass is 425 g/mol. The Morgan fingerprint density at radius 2 is 1.93 bits per heavy atom. The molecule has 0 spiro atoms. The fraction of sp³-hybridized carbons (Fsp3) is 0.381. The molecule has 0 radical (unpaired) electrons. The van der Waals surface area contributed by atoms with E-state index in [-0.39, 0.29) is 17.1 Å². The van der Waals surface area contributed by atoms with Gasteiger partial charge in [-0.2, -0.15) is 13.2 Å². The molecule has 4 nitrogen and oxygen atoms in total. The highest BCUT2D eigenvalue weighted by Crippen LogP contribution is 2.37. The van der Waals surface area contributed by atoms with E-state index in [1.54, 1.807) is 0 Å². The van der Waals surface area contributed by atoms with Crippen LogP contribution in [0.1, 0.15) is 52.4 Å². The Bertz CT molecular complexity index is 884. The van der Waals surface area contributed by atoms with Crippen molar-refractivity contribution in [2.45, 2.75) is 38.0 Å². The molecule has 0 saturated carbocycles. The van der Waals surface area contributed by atoms with Gasteiger partial charge in [0.05, 0.1) is 16.3 Å². The zero-order valence-electron chi connectivity index (χ0n) is 16.0. The van der Waals surface area contributed by atoms with E-state index in [2.05, 4.69) is 17.3 Å². The van der Waals surface area contributed by atoms with Crippen molar-refractivity contribution in [2.75, 3.05) is 19.3 Å². The van der Waals surface area contributed by atoms with Crippen molar-refractivity contribution < 1.29 is 18.0 Å². The number of hydrogen-bond donors (Lipinski definition) is 2. The maximum Gasteiger partial charge on any atom is 0.418 e. The van der Waals surface area contributed by atoms with Crippen molar-refractivity contribution in [2.24, 2.45) is 0 Å². The predicted molar refractivity (Wildman–Crippen MR) is 108 cm³/mol. The van der Waals surface area contributed by atoms with Crippen molar-refractivity contribution in [1.82, 2.24) is 10.2 Å². The molecule has 1 aliphatic rings. The van der Waals surface area contributed by atoms with Gasteiger partial charge in [-0.3, -0.25) is 9.69 Å². The molecular weight excluding hydrogens is 403 g/mol. The number of hydrogen-bond acceptors (Lipinski definition) is 3. The summed E-state index contributed by atoms with van der Waals surface area (Å²) < 4.78 is 39.2. The number of nitrogens with one attached hydrogen (secondary N) is 1. The van der Waals surface area contributed by atoms with Crippen LogP contribution in [0.25, 0.3) is 0 Å². The smallest absolute Gasteiger partial charge is 0.397 e. The average molecular weight is 426 g/mol. The first-order valence-electron chi connectivity index (χ1n) is 9.40. The summed E-state index contributed by atoms with van der Waals surface area (Å²) in [5, 5.41) is 2.33. The lowest BCUT2D eigenvalue weighted by Gasteiger charge is -2.32. The second-order valence-electron chi connectivity index (χ2n) is 7.33.